The molecule has 0 aromatic heterocycles. The Morgan fingerprint density at radius 3 is 2.38 bits per heavy atom. The van der Waals surface area contributed by atoms with E-state index in [1.54, 1.807) is 17.1 Å². The van der Waals surface area contributed by atoms with Gasteiger partial charge in [-0.15, -0.1) is 0 Å². The van der Waals surface area contributed by atoms with Crippen LogP contribution < -0.4 is 0 Å². The highest BCUT2D eigenvalue weighted by Gasteiger charge is 2.57. The van der Waals surface area contributed by atoms with E-state index in [4.69, 9.17) is 9.47 Å². The first-order chi connectivity index (χ1) is 15.0. The minimum Gasteiger partial charge on any atom is -0.508 e. The van der Waals surface area contributed by atoms with Crippen LogP contribution in [0.1, 0.15) is 42.7 Å². The topological polar surface area (TPSA) is 88.4 Å². The Balaban J connectivity index is 2.03. The third-order valence-electron chi connectivity index (χ3n) is 6.19. The van der Waals surface area contributed by atoms with Gasteiger partial charge in [0.2, 0.25) is 0 Å². The maximum atomic E-state index is 13.4. The Hall–Kier alpha value is -2.35. The molecule has 0 aliphatic heterocycles. The van der Waals surface area contributed by atoms with E-state index in [1.807, 2.05) is 27.1 Å². The van der Waals surface area contributed by atoms with Gasteiger partial charge < -0.3 is 19.6 Å². The number of benzene rings is 1. The van der Waals surface area contributed by atoms with Gasteiger partial charge in [-0.25, -0.2) is 0 Å². The van der Waals surface area contributed by atoms with Crippen LogP contribution in [-0.4, -0.2) is 63.1 Å². The van der Waals surface area contributed by atoms with E-state index < -0.39 is 31.8 Å². The maximum absolute atomic E-state index is 13.4. The molecule has 4 rings (SSSR count). The molecule has 4 atom stereocenters. The first kappa shape index (κ1) is 24.3. The molecular weight excluding hydrogens is 424 g/mol. The molecule has 1 aromatic carbocycles. The summed E-state index contributed by atoms with van der Waals surface area (Å²) in [5.74, 6) is -2.60. The van der Waals surface area contributed by atoms with Crippen molar-refractivity contribution in [1.82, 2.24) is 5.01 Å². The highest BCUT2D eigenvalue weighted by atomic mass is 28.3. The molecule has 1 aromatic rings. The lowest BCUT2D eigenvalue weighted by atomic mass is 9.55. The summed E-state index contributed by atoms with van der Waals surface area (Å²) in [5, 5.41) is 16.5. The molecule has 0 saturated heterocycles. The third kappa shape index (κ3) is 5.17. The van der Waals surface area contributed by atoms with E-state index >= 15 is 0 Å². The Labute approximate surface area is 191 Å². The number of carbonyl (C=O) groups is 2. The van der Waals surface area contributed by atoms with Crippen molar-refractivity contribution in [2.24, 2.45) is 16.9 Å². The summed E-state index contributed by atoms with van der Waals surface area (Å²) in [7, 11) is 2.32. The molecule has 7 nitrogen and oxygen atoms in total. The number of phenolic OH excluding ortho intramolecular Hbond substituents is 1. The number of nitrogens with zero attached hydrogens (tertiary/aromatic N) is 2. The van der Waals surface area contributed by atoms with Crippen LogP contribution in [0.2, 0.25) is 25.7 Å². The quantitative estimate of drug-likeness (QED) is 0.359. The van der Waals surface area contributed by atoms with Crippen molar-refractivity contribution >= 4 is 25.7 Å². The molecule has 0 heterocycles. The zero-order valence-electron chi connectivity index (χ0n) is 20.1. The molecule has 4 unspecified atom stereocenters. The van der Waals surface area contributed by atoms with Crippen LogP contribution in [-0.2, 0) is 19.1 Å². The van der Waals surface area contributed by atoms with E-state index in [2.05, 4.69) is 24.7 Å². The van der Waals surface area contributed by atoms with Gasteiger partial charge in [0.05, 0.1) is 25.0 Å². The molecule has 2 bridgehead atoms. The van der Waals surface area contributed by atoms with Gasteiger partial charge in [0, 0.05) is 39.7 Å². The van der Waals surface area contributed by atoms with E-state index in [0.717, 1.165) is 22.9 Å². The number of aromatic hydroxyl groups is 1. The van der Waals surface area contributed by atoms with Gasteiger partial charge in [0.25, 0.3) is 0 Å². The number of fused-ring (bicyclic) bond motifs is 2. The summed E-state index contributed by atoms with van der Waals surface area (Å²) in [6, 6.07) is 6.08. The van der Waals surface area contributed by atoms with E-state index in [1.165, 1.54) is 0 Å². The normalized spacial score (nSPS) is 25.4. The number of ether oxygens (including phenoxy) is 2. The maximum Gasteiger partial charge on any atom is 0.310 e. The summed E-state index contributed by atoms with van der Waals surface area (Å²) < 4.78 is 11.3. The predicted octanol–water partition coefficient (Wildman–Crippen LogP) is 3.96. The van der Waals surface area contributed by atoms with Crippen molar-refractivity contribution in [3.8, 4) is 5.75 Å². The second-order valence-electron chi connectivity index (χ2n) is 10.2. The fraction of sp³-hybridized carbons (Fsp3) is 0.625. The molecule has 0 spiro atoms. The van der Waals surface area contributed by atoms with Gasteiger partial charge >= 0.3 is 11.9 Å². The summed E-state index contributed by atoms with van der Waals surface area (Å²) in [6.45, 7) is 9.33. The number of esters is 2. The Kier molecular flexibility index (Phi) is 7.32. The molecule has 32 heavy (non-hydrogen) atoms. The van der Waals surface area contributed by atoms with Gasteiger partial charge in [-0.1, -0.05) is 32.6 Å². The summed E-state index contributed by atoms with van der Waals surface area (Å²) in [6.07, 6.45) is 1.28. The van der Waals surface area contributed by atoms with Crippen molar-refractivity contribution in [3.63, 3.8) is 0 Å². The highest BCUT2D eigenvalue weighted by molar-refractivity contribution is 6.76. The van der Waals surface area contributed by atoms with Crippen molar-refractivity contribution in [2.45, 2.75) is 57.3 Å². The standard InChI is InChI=1S/C24H36N2O5Si/c1-7-10-30-24(29)22-20-17-13-15(27)8-9-16(17)18(14-19(20)25-26(2)3)21(22)23(28)31-11-12-32(4,5)6/h8-9,13,18,20-22,27H,7,10-12,14H2,1-6H3. The molecule has 176 valence electrons. The first-order valence-corrected chi connectivity index (χ1v) is 15.1. The Morgan fingerprint density at radius 1 is 1.09 bits per heavy atom. The van der Waals surface area contributed by atoms with Crippen LogP contribution in [0, 0.1) is 11.8 Å². The zero-order chi connectivity index (χ0) is 23.6. The number of hydrazone groups is 1. The number of carbonyl (C=O) groups excluding carboxylic acids is 2. The van der Waals surface area contributed by atoms with Crippen LogP contribution in [0.4, 0.5) is 0 Å². The smallest absolute Gasteiger partial charge is 0.310 e. The van der Waals surface area contributed by atoms with Gasteiger partial charge in [-0.05, 0) is 42.1 Å². The molecule has 1 fully saturated rings. The second kappa shape index (κ2) is 9.64. The van der Waals surface area contributed by atoms with Crippen LogP contribution in [0.25, 0.3) is 0 Å². The van der Waals surface area contributed by atoms with Crippen LogP contribution in [0.5, 0.6) is 5.75 Å². The van der Waals surface area contributed by atoms with Crippen molar-refractivity contribution in [3.05, 3.63) is 29.3 Å². The molecule has 0 radical (unpaired) electrons. The number of phenols is 1. The summed E-state index contributed by atoms with van der Waals surface area (Å²) in [5.41, 5.74) is 2.67. The average molecular weight is 461 g/mol. The molecule has 8 heteroatoms. The molecule has 0 amide bonds. The monoisotopic (exact) mass is 460 g/mol. The number of hydrogen-bond donors (Lipinski definition) is 1. The SMILES string of the molecule is CCCOC(=O)C1C2C(=NN(C)C)CC(c3ccc(O)cc32)C1C(=O)OCC[Si](C)(C)C. The lowest BCUT2D eigenvalue weighted by Crippen LogP contribution is -2.51. The first-order valence-electron chi connectivity index (χ1n) is 11.4. The van der Waals surface area contributed by atoms with Crippen molar-refractivity contribution < 1.29 is 24.2 Å². The second-order valence-corrected chi connectivity index (χ2v) is 15.9. The molecule has 1 N–H and O–H groups in total. The molecule has 3 aliphatic rings. The Bertz CT molecular complexity index is 893. The lowest BCUT2D eigenvalue weighted by molar-refractivity contribution is -0.163. The predicted molar refractivity (Wildman–Crippen MR) is 127 cm³/mol. The van der Waals surface area contributed by atoms with Crippen LogP contribution >= 0.6 is 0 Å². The van der Waals surface area contributed by atoms with Gasteiger partial charge in [0.15, 0.2) is 0 Å². The van der Waals surface area contributed by atoms with E-state index in [0.29, 0.717) is 26.1 Å². The lowest BCUT2D eigenvalue weighted by Gasteiger charge is -2.47. The average Bonchev–Trinajstić information content (AvgIpc) is 2.69. The minimum absolute atomic E-state index is 0.135. The van der Waals surface area contributed by atoms with Gasteiger partial charge in [-0.2, -0.15) is 5.10 Å². The molecule has 1 saturated carbocycles. The summed E-state index contributed by atoms with van der Waals surface area (Å²) >= 11 is 0. The number of rotatable bonds is 8. The fourth-order valence-electron chi connectivity index (χ4n) is 4.80. The van der Waals surface area contributed by atoms with E-state index in [-0.39, 0.29) is 17.6 Å². The summed E-state index contributed by atoms with van der Waals surface area (Å²) in [4.78, 5) is 26.6. The fourth-order valence-corrected chi connectivity index (χ4v) is 5.51. The van der Waals surface area contributed by atoms with Crippen LogP contribution in [0.15, 0.2) is 23.3 Å². The highest BCUT2D eigenvalue weighted by Crippen LogP contribution is 2.55. The van der Waals surface area contributed by atoms with Crippen molar-refractivity contribution in [2.75, 3.05) is 27.3 Å². The van der Waals surface area contributed by atoms with Gasteiger partial charge in [0.1, 0.15) is 5.75 Å². The van der Waals surface area contributed by atoms with Crippen LogP contribution in [0.3, 0.4) is 0 Å². The minimum atomic E-state index is -1.36. The molecular formula is C24H36N2O5Si. The number of hydrogen-bond acceptors (Lipinski definition) is 7. The largest absolute Gasteiger partial charge is 0.508 e. The van der Waals surface area contributed by atoms with Crippen molar-refractivity contribution in [1.29, 1.82) is 0 Å². The van der Waals surface area contributed by atoms with Gasteiger partial charge in [-0.3, -0.25) is 9.59 Å². The van der Waals surface area contributed by atoms with E-state index in [9.17, 15) is 14.7 Å². The molecule has 3 aliphatic carbocycles. The Morgan fingerprint density at radius 2 is 1.75 bits per heavy atom. The third-order valence-corrected chi connectivity index (χ3v) is 7.89. The zero-order valence-corrected chi connectivity index (χ0v) is 21.1.